The standard InChI is InChI=1S/C22H29N5O4/c1-25-10-12-26(13-11-25)16-6-7-17(19(14-16)27-8-4-3-5-9-27)23-20(28)18-15-31-21(24-18)22(29)30-2/h6-7,14-15H,3-5,8-13H2,1-2H3,(H,23,28). The van der Waals surface area contributed by atoms with Crippen molar-refractivity contribution < 1.29 is 18.7 Å². The van der Waals surface area contributed by atoms with E-state index >= 15 is 0 Å². The van der Waals surface area contributed by atoms with Gasteiger partial charge in [0.2, 0.25) is 0 Å². The molecule has 2 saturated heterocycles. The van der Waals surface area contributed by atoms with Crippen molar-refractivity contribution in [3.8, 4) is 0 Å². The van der Waals surface area contributed by atoms with E-state index in [0.717, 1.165) is 63.5 Å². The first-order chi connectivity index (χ1) is 15.0. The Bertz CT molecular complexity index is 930. The van der Waals surface area contributed by atoms with Gasteiger partial charge in [0.05, 0.1) is 18.5 Å². The van der Waals surface area contributed by atoms with Gasteiger partial charge in [-0.05, 0) is 44.5 Å². The number of esters is 1. The number of anilines is 3. The van der Waals surface area contributed by atoms with E-state index in [1.807, 2.05) is 6.07 Å². The molecule has 0 aliphatic carbocycles. The Hall–Kier alpha value is -3.07. The second-order valence-corrected chi connectivity index (χ2v) is 8.02. The van der Waals surface area contributed by atoms with Crippen LogP contribution in [0.2, 0.25) is 0 Å². The van der Waals surface area contributed by atoms with Gasteiger partial charge in [0.25, 0.3) is 5.91 Å². The number of nitrogens with one attached hydrogen (secondary N) is 1. The Labute approximate surface area is 182 Å². The molecule has 2 aliphatic rings. The Morgan fingerprint density at radius 3 is 2.48 bits per heavy atom. The van der Waals surface area contributed by atoms with Gasteiger partial charge in [0.15, 0.2) is 5.69 Å². The zero-order valence-electron chi connectivity index (χ0n) is 18.1. The van der Waals surface area contributed by atoms with Crippen LogP contribution < -0.4 is 15.1 Å². The van der Waals surface area contributed by atoms with Crippen LogP contribution in [0, 0.1) is 0 Å². The summed E-state index contributed by atoms with van der Waals surface area (Å²) >= 11 is 0. The third kappa shape index (κ3) is 4.82. The van der Waals surface area contributed by atoms with Crippen LogP contribution in [0.5, 0.6) is 0 Å². The molecule has 0 spiro atoms. The van der Waals surface area contributed by atoms with Crippen LogP contribution >= 0.6 is 0 Å². The van der Waals surface area contributed by atoms with Crippen molar-refractivity contribution in [3.63, 3.8) is 0 Å². The van der Waals surface area contributed by atoms with Gasteiger partial charge < -0.3 is 29.2 Å². The van der Waals surface area contributed by atoms with Gasteiger partial charge in [-0.2, -0.15) is 4.98 Å². The van der Waals surface area contributed by atoms with Crippen molar-refractivity contribution in [3.05, 3.63) is 36.0 Å². The molecule has 1 amide bonds. The molecule has 3 heterocycles. The molecule has 2 aliphatic heterocycles. The second-order valence-electron chi connectivity index (χ2n) is 8.02. The largest absolute Gasteiger partial charge is 0.462 e. The second kappa shape index (κ2) is 9.38. The van der Waals surface area contributed by atoms with Crippen LogP contribution in [0.4, 0.5) is 17.1 Å². The van der Waals surface area contributed by atoms with Gasteiger partial charge in [-0.15, -0.1) is 0 Å². The predicted molar refractivity (Wildman–Crippen MR) is 118 cm³/mol. The molecule has 0 atom stereocenters. The summed E-state index contributed by atoms with van der Waals surface area (Å²) in [6.45, 7) is 5.96. The lowest BCUT2D eigenvalue weighted by Crippen LogP contribution is -2.44. The van der Waals surface area contributed by atoms with Crippen molar-refractivity contribution in [2.75, 3.05) is 68.5 Å². The summed E-state index contributed by atoms with van der Waals surface area (Å²) in [5, 5.41) is 2.95. The molecule has 166 valence electrons. The molecule has 9 nitrogen and oxygen atoms in total. The molecule has 2 fully saturated rings. The molecule has 0 saturated carbocycles. The predicted octanol–water partition coefficient (Wildman–Crippen LogP) is 2.46. The quantitative estimate of drug-likeness (QED) is 0.728. The maximum Gasteiger partial charge on any atom is 0.394 e. The molecule has 0 bridgehead atoms. The van der Waals surface area contributed by atoms with Gasteiger partial charge in [-0.25, -0.2) is 4.79 Å². The molecular weight excluding hydrogens is 398 g/mol. The molecule has 0 radical (unpaired) electrons. The number of aromatic nitrogens is 1. The normalized spacial score (nSPS) is 17.5. The Morgan fingerprint density at radius 1 is 1.03 bits per heavy atom. The van der Waals surface area contributed by atoms with Crippen LogP contribution in [-0.2, 0) is 4.74 Å². The third-order valence-corrected chi connectivity index (χ3v) is 5.89. The monoisotopic (exact) mass is 427 g/mol. The molecular formula is C22H29N5O4. The number of rotatable bonds is 5. The van der Waals surface area contributed by atoms with Crippen molar-refractivity contribution >= 4 is 28.9 Å². The summed E-state index contributed by atoms with van der Waals surface area (Å²) in [5.41, 5.74) is 2.95. The summed E-state index contributed by atoms with van der Waals surface area (Å²) in [5.74, 6) is -1.39. The maximum atomic E-state index is 12.8. The number of methoxy groups -OCH3 is 1. The average Bonchev–Trinajstić information content (AvgIpc) is 3.30. The van der Waals surface area contributed by atoms with E-state index < -0.39 is 11.9 Å². The van der Waals surface area contributed by atoms with Gasteiger partial charge >= 0.3 is 11.9 Å². The van der Waals surface area contributed by atoms with E-state index in [-0.39, 0.29) is 11.6 Å². The van der Waals surface area contributed by atoms with E-state index in [4.69, 9.17) is 4.42 Å². The summed E-state index contributed by atoms with van der Waals surface area (Å²) in [6, 6.07) is 6.18. The number of likely N-dealkylation sites (N-methyl/N-ethyl adjacent to an activating group) is 1. The average molecular weight is 428 g/mol. The molecule has 2 aromatic rings. The summed E-state index contributed by atoms with van der Waals surface area (Å²) in [7, 11) is 3.38. The number of nitrogens with zero attached hydrogens (tertiary/aromatic N) is 4. The highest BCUT2D eigenvalue weighted by atomic mass is 16.5. The first kappa shape index (κ1) is 21.2. The third-order valence-electron chi connectivity index (χ3n) is 5.89. The van der Waals surface area contributed by atoms with Crippen LogP contribution in [0.1, 0.15) is 40.4 Å². The first-order valence-electron chi connectivity index (χ1n) is 10.7. The van der Waals surface area contributed by atoms with Crippen LogP contribution in [0.15, 0.2) is 28.9 Å². The lowest BCUT2D eigenvalue weighted by Gasteiger charge is -2.36. The fourth-order valence-electron chi connectivity index (χ4n) is 4.03. The van der Waals surface area contributed by atoms with Gasteiger partial charge in [0.1, 0.15) is 6.26 Å². The summed E-state index contributed by atoms with van der Waals surface area (Å²) in [4.78, 5) is 35.3. The molecule has 1 aromatic carbocycles. The lowest BCUT2D eigenvalue weighted by molar-refractivity contribution is 0.0556. The fourth-order valence-corrected chi connectivity index (χ4v) is 4.03. The van der Waals surface area contributed by atoms with Crippen LogP contribution in [0.25, 0.3) is 0 Å². The number of carbonyl (C=O) groups is 2. The minimum absolute atomic E-state index is 0.0353. The summed E-state index contributed by atoms with van der Waals surface area (Å²) in [6.07, 6.45) is 4.67. The van der Waals surface area contributed by atoms with Gasteiger partial charge in [0, 0.05) is 45.0 Å². The van der Waals surface area contributed by atoms with E-state index in [1.54, 1.807) is 0 Å². The number of piperazine rings is 1. The number of piperidine rings is 1. The number of benzene rings is 1. The van der Waals surface area contributed by atoms with Crippen molar-refractivity contribution in [2.45, 2.75) is 19.3 Å². The molecule has 31 heavy (non-hydrogen) atoms. The van der Waals surface area contributed by atoms with Gasteiger partial charge in [-0.3, -0.25) is 4.79 Å². The van der Waals surface area contributed by atoms with Crippen LogP contribution in [-0.4, -0.2) is 75.2 Å². The molecule has 9 heteroatoms. The van der Waals surface area contributed by atoms with Crippen molar-refractivity contribution in [1.82, 2.24) is 9.88 Å². The van der Waals surface area contributed by atoms with Crippen molar-refractivity contribution in [1.29, 1.82) is 0 Å². The molecule has 1 aromatic heterocycles. The maximum absolute atomic E-state index is 12.8. The van der Waals surface area contributed by atoms with Crippen molar-refractivity contribution in [2.24, 2.45) is 0 Å². The number of carbonyl (C=O) groups excluding carboxylic acids is 2. The minimum Gasteiger partial charge on any atom is -0.462 e. The first-order valence-corrected chi connectivity index (χ1v) is 10.7. The SMILES string of the molecule is COC(=O)c1nc(C(=O)Nc2ccc(N3CCN(C)CC3)cc2N2CCCCC2)co1. The number of amides is 1. The van der Waals surface area contributed by atoms with E-state index in [0.29, 0.717) is 0 Å². The highest BCUT2D eigenvalue weighted by molar-refractivity contribution is 6.05. The van der Waals surface area contributed by atoms with E-state index in [1.165, 1.54) is 25.5 Å². The van der Waals surface area contributed by atoms with Gasteiger partial charge in [-0.1, -0.05) is 0 Å². The molecule has 0 unspecified atom stereocenters. The minimum atomic E-state index is -0.718. The van der Waals surface area contributed by atoms with E-state index in [9.17, 15) is 9.59 Å². The highest BCUT2D eigenvalue weighted by Gasteiger charge is 2.22. The Balaban J connectivity index is 1.57. The zero-order chi connectivity index (χ0) is 21.8. The van der Waals surface area contributed by atoms with Crippen LogP contribution in [0.3, 0.4) is 0 Å². The summed E-state index contributed by atoms with van der Waals surface area (Å²) < 4.78 is 9.64. The van der Waals surface area contributed by atoms with E-state index in [2.05, 4.69) is 48.9 Å². The number of hydrogen-bond acceptors (Lipinski definition) is 8. The number of ether oxygens (including phenoxy) is 1. The molecule has 1 N–H and O–H groups in total. The zero-order valence-corrected chi connectivity index (χ0v) is 18.1. The number of oxazole rings is 1. The molecule has 4 rings (SSSR count). The topological polar surface area (TPSA) is 91.1 Å². The Kier molecular flexibility index (Phi) is 6.41. The number of hydrogen-bond donors (Lipinski definition) is 1. The lowest BCUT2D eigenvalue weighted by atomic mass is 10.1. The Morgan fingerprint density at radius 2 is 1.77 bits per heavy atom. The fraction of sp³-hybridized carbons (Fsp3) is 0.500. The highest BCUT2D eigenvalue weighted by Crippen LogP contribution is 2.33. The smallest absolute Gasteiger partial charge is 0.394 e.